The molecule has 0 spiro atoms. The Morgan fingerprint density at radius 1 is 1.28 bits per heavy atom. The molecule has 2 fully saturated rings. The van der Waals surface area contributed by atoms with Crippen LogP contribution in [0.2, 0.25) is 0 Å². The van der Waals surface area contributed by atoms with E-state index in [1.165, 1.54) is 6.42 Å². The largest absolute Gasteiger partial charge is 0.495 e. The Kier molecular flexibility index (Phi) is 5.30. The predicted molar refractivity (Wildman–Crippen MR) is 97.6 cm³/mol. The molecule has 1 aromatic rings. The van der Waals surface area contributed by atoms with Crippen molar-refractivity contribution in [3.05, 3.63) is 23.8 Å². The minimum Gasteiger partial charge on any atom is -0.495 e. The van der Waals surface area contributed by atoms with E-state index in [0.717, 1.165) is 31.4 Å². The number of ether oxygens (including phenoxy) is 1. The number of nitrogens with one attached hydrogen (secondary N) is 1. The number of benzene rings is 1. The molecule has 3 rings (SSSR count). The van der Waals surface area contributed by atoms with E-state index in [2.05, 4.69) is 12.2 Å². The van der Waals surface area contributed by atoms with E-state index >= 15 is 0 Å². The lowest BCUT2D eigenvalue weighted by molar-refractivity contribution is -0.137. The lowest BCUT2D eigenvalue weighted by Crippen LogP contribution is -2.44. The zero-order valence-electron chi connectivity index (χ0n) is 15.4. The van der Waals surface area contributed by atoms with Crippen LogP contribution in [0.4, 0.5) is 5.69 Å². The molecule has 2 amide bonds. The number of likely N-dealkylation sites (tertiary alicyclic amines) is 1. The molecule has 5 heteroatoms. The van der Waals surface area contributed by atoms with Crippen molar-refractivity contribution in [2.75, 3.05) is 19.0 Å². The normalized spacial score (nSPS) is 25.4. The second kappa shape index (κ2) is 7.46. The molecule has 1 saturated carbocycles. The van der Waals surface area contributed by atoms with Crippen LogP contribution in [0.3, 0.4) is 0 Å². The lowest BCUT2D eigenvalue weighted by atomic mass is 9.99. The molecule has 1 heterocycles. The van der Waals surface area contributed by atoms with E-state index in [1.54, 1.807) is 7.11 Å². The van der Waals surface area contributed by atoms with E-state index in [9.17, 15) is 9.59 Å². The number of aryl methyl sites for hydroxylation is 1. The van der Waals surface area contributed by atoms with Crippen molar-refractivity contribution < 1.29 is 14.3 Å². The quantitative estimate of drug-likeness (QED) is 0.891. The molecule has 0 radical (unpaired) electrons. The fraction of sp³-hybridized carbons (Fsp3) is 0.600. The van der Waals surface area contributed by atoms with Gasteiger partial charge in [0.15, 0.2) is 0 Å². The van der Waals surface area contributed by atoms with Crippen LogP contribution in [-0.2, 0) is 9.59 Å². The average molecular weight is 344 g/mol. The number of piperidine rings is 1. The van der Waals surface area contributed by atoms with Crippen molar-refractivity contribution in [2.24, 2.45) is 11.8 Å². The van der Waals surface area contributed by atoms with Crippen LogP contribution >= 0.6 is 0 Å². The molecule has 0 aromatic heterocycles. The Hall–Kier alpha value is -2.04. The first kappa shape index (κ1) is 17.8. The van der Waals surface area contributed by atoms with Crippen LogP contribution in [0.15, 0.2) is 18.2 Å². The minimum atomic E-state index is -0.211. The van der Waals surface area contributed by atoms with Gasteiger partial charge in [0, 0.05) is 12.6 Å². The molecule has 1 N–H and O–H groups in total. The molecular weight excluding hydrogens is 316 g/mol. The second-order valence-electron chi connectivity index (χ2n) is 7.23. The van der Waals surface area contributed by atoms with Gasteiger partial charge < -0.3 is 15.0 Å². The van der Waals surface area contributed by atoms with Crippen LogP contribution in [0.25, 0.3) is 0 Å². The summed E-state index contributed by atoms with van der Waals surface area (Å²) >= 11 is 0. The van der Waals surface area contributed by atoms with Crippen molar-refractivity contribution in [3.8, 4) is 5.75 Å². The molecular formula is C20H28N2O3. The summed E-state index contributed by atoms with van der Waals surface area (Å²) in [4.78, 5) is 27.4. The van der Waals surface area contributed by atoms with Crippen LogP contribution in [0.5, 0.6) is 5.75 Å². The zero-order chi connectivity index (χ0) is 18.0. The van der Waals surface area contributed by atoms with Gasteiger partial charge in [-0.05, 0) is 56.7 Å². The lowest BCUT2D eigenvalue weighted by Gasteiger charge is -2.35. The van der Waals surface area contributed by atoms with Gasteiger partial charge in [-0.25, -0.2) is 0 Å². The van der Waals surface area contributed by atoms with E-state index in [1.807, 2.05) is 30.0 Å². The summed E-state index contributed by atoms with van der Waals surface area (Å²) in [5, 5.41) is 2.94. The van der Waals surface area contributed by atoms with Crippen molar-refractivity contribution in [3.63, 3.8) is 0 Å². The van der Waals surface area contributed by atoms with E-state index in [-0.39, 0.29) is 23.7 Å². The van der Waals surface area contributed by atoms with E-state index in [4.69, 9.17) is 4.74 Å². The molecule has 2 aliphatic rings. The number of anilines is 1. The van der Waals surface area contributed by atoms with Crippen molar-refractivity contribution in [1.29, 1.82) is 0 Å². The summed E-state index contributed by atoms with van der Waals surface area (Å²) in [6.45, 7) is 4.95. The Balaban J connectivity index is 1.62. The number of hydrogen-bond acceptors (Lipinski definition) is 3. The molecule has 3 unspecified atom stereocenters. The molecule has 136 valence electrons. The van der Waals surface area contributed by atoms with Crippen LogP contribution in [0.1, 0.15) is 44.6 Å². The average Bonchev–Trinajstić information content (AvgIpc) is 3.42. The maximum Gasteiger partial charge on any atom is 0.228 e. The van der Waals surface area contributed by atoms with Gasteiger partial charge in [0.25, 0.3) is 0 Å². The summed E-state index contributed by atoms with van der Waals surface area (Å²) in [7, 11) is 1.59. The third-order valence-electron chi connectivity index (χ3n) is 5.44. The fourth-order valence-corrected chi connectivity index (χ4v) is 3.83. The third kappa shape index (κ3) is 3.80. The zero-order valence-corrected chi connectivity index (χ0v) is 15.4. The maximum absolute atomic E-state index is 12.8. The van der Waals surface area contributed by atoms with Gasteiger partial charge in [0.05, 0.1) is 24.6 Å². The molecule has 3 atom stereocenters. The number of carbonyl (C=O) groups excluding carboxylic acids is 2. The summed E-state index contributed by atoms with van der Waals surface area (Å²) in [5.41, 5.74) is 1.73. The van der Waals surface area contributed by atoms with Gasteiger partial charge in [-0.15, -0.1) is 0 Å². The molecule has 0 bridgehead atoms. The highest BCUT2D eigenvalue weighted by molar-refractivity contribution is 6.00. The minimum absolute atomic E-state index is 0.0766. The molecule has 1 aliphatic carbocycles. The van der Waals surface area contributed by atoms with Gasteiger partial charge >= 0.3 is 0 Å². The van der Waals surface area contributed by atoms with E-state index in [0.29, 0.717) is 23.9 Å². The number of methoxy groups -OCH3 is 1. The standard InChI is InChI=1S/C20H28N2O3/c1-4-14-7-5-6-10-22(14)20(24)16-12-15(16)19(23)21-17-11-13(2)8-9-18(17)25-3/h8-9,11,14-16H,4-7,10,12H2,1-3H3,(H,21,23). The van der Waals surface area contributed by atoms with Gasteiger partial charge in [0.1, 0.15) is 5.75 Å². The highest BCUT2D eigenvalue weighted by Gasteiger charge is 2.50. The monoisotopic (exact) mass is 344 g/mol. The molecule has 5 nitrogen and oxygen atoms in total. The Morgan fingerprint density at radius 3 is 2.80 bits per heavy atom. The number of amides is 2. The first-order chi connectivity index (χ1) is 12.0. The summed E-state index contributed by atoms with van der Waals surface area (Å²) < 4.78 is 5.31. The maximum atomic E-state index is 12.8. The topological polar surface area (TPSA) is 58.6 Å². The van der Waals surface area contributed by atoms with Crippen LogP contribution < -0.4 is 10.1 Å². The van der Waals surface area contributed by atoms with Crippen molar-refractivity contribution >= 4 is 17.5 Å². The van der Waals surface area contributed by atoms with E-state index < -0.39 is 0 Å². The third-order valence-corrected chi connectivity index (χ3v) is 5.44. The number of nitrogens with zero attached hydrogens (tertiary/aromatic N) is 1. The summed E-state index contributed by atoms with van der Waals surface area (Å²) in [5.74, 6) is 0.375. The second-order valence-corrected chi connectivity index (χ2v) is 7.23. The predicted octanol–water partition coefficient (Wildman–Crippen LogP) is 3.37. The van der Waals surface area contributed by atoms with Gasteiger partial charge in [-0.3, -0.25) is 9.59 Å². The van der Waals surface area contributed by atoms with Crippen molar-refractivity contribution in [2.45, 2.75) is 52.0 Å². The SMILES string of the molecule is CCC1CCCCN1C(=O)C1CC1C(=O)Nc1cc(C)ccc1OC. The van der Waals surface area contributed by atoms with Gasteiger partial charge in [-0.2, -0.15) is 0 Å². The molecule has 1 aromatic carbocycles. The summed E-state index contributed by atoms with van der Waals surface area (Å²) in [6.07, 6.45) is 5.02. The highest BCUT2D eigenvalue weighted by atomic mass is 16.5. The van der Waals surface area contributed by atoms with Crippen LogP contribution in [0, 0.1) is 18.8 Å². The number of carbonyl (C=O) groups is 2. The van der Waals surface area contributed by atoms with Gasteiger partial charge in [-0.1, -0.05) is 13.0 Å². The molecule has 25 heavy (non-hydrogen) atoms. The fourth-order valence-electron chi connectivity index (χ4n) is 3.83. The molecule has 1 saturated heterocycles. The Bertz CT molecular complexity index is 658. The van der Waals surface area contributed by atoms with Crippen molar-refractivity contribution in [1.82, 2.24) is 4.90 Å². The first-order valence-electron chi connectivity index (χ1n) is 9.31. The van der Waals surface area contributed by atoms with Gasteiger partial charge in [0.2, 0.25) is 11.8 Å². The number of hydrogen-bond donors (Lipinski definition) is 1. The molecule has 1 aliphatic heterocycles. The Labute approximate surface area is 149 Å². The summed E-state index contributed by atoms with van der Waals surface area (Å²) in [6, 6.07) is 6.04. The highest BCUT2D eigenvalue weighted by Crippen LogP contribution is 2.42. The number of rotatable bonds is 5. The Morgan fingerprint density at radius 2 is 2.08 bits per heavy atom. The smallest absolute Gasteiger partial charge is 0.228 e. The first-order valence-corrected chi connectivity index (χ1v) is 9.31. The van der Waals surface area contributed by atoms with Crippen LogP contribution in [-0.4, -0.2) is 36.4 Å².